The van der Waals surface area contributed by atoms with E-state index < -0.39 is 10.1 Å². The summed E-state index contributed by atoms with van der Waals surface area (Å²) in [4.78, 5) is 0. The Morgan fingerprint density at radius 3 is 1.56 bits per heavy atom. The maximum absolute atomic E-state index is 10.4. The van der Waals surface area contributed by atoms with Gasteiger partial charge in [-0.2, -0.15) is 8.42 Å². The Morgan fingerprint density at radius 1 is 0.812 bits per heavy atom. The van der Waals surface area contributed by atoms with Crippen molar-refractivity contribution in [2.24, 2.45) is 0 Å². The summed E-state index contributed by atoms with van der Waals surface area (Å²) in [5.41, 5.74) is 0. The predicted octanol–water partition coefficient (Wildman–Crippen LogP) is 2.76. The van der Waals surface area contributed by atoms with Gasteiger partial charge in [0.25, 0.3) is 10.1 Å². The molecule has 5 heteroatoms. The molecule has 1 N–H and O–H groups in total. The minimum absolute atomic E-state index is 0. The van der Waals surface area contributed by atoms with Crippen LogP contribution < -0.4 is 0 Å². The van der Waals surface area contributed by atoms with Gasteiger partial charge in [0.05, 0.1) is 5.75 Å². The zero-order valence-corrected chi connectivity index (χ0v) is 10.6. The van der Waals surface area contributed by atoms with E-state index in [0.29, 0.717) is 6.42 Å². The summed E-state index contributed by atoms with van der Waals surface area (Å²) in [5.74, 6) is -0.0805. The second-order valence-corrected chi connectivity index (χ2v) is 5.69. The van der Waals surface area contributed by atoms with Gasteiger partial charge >= 0.3 is 18.9 Å². The molecule has 3 nitrogen and oxygen atoms in total. The van der Waals surface area contributed by atoms with E-state index in [1.54, 1.807) is 0 Å². The molecule has 0 spiro atoms. The molecule has 0 fully saturated rings. The van der Waals surface area contributed by atoms with Crippen LogP contribution in [-0.4, -0.2) is 37.6 Å². The number of rotatable bonds is 10. The molecule has 0 radical (unpaired) electrons. The third-order valence-electron chi connectivity index (χ3n) is 2.51. The maximum atomic E-state index is 10.4. The van der Waals surface area contributed by atoms with E-state index in [9.17, 15) is 8.42 Å². The summed E-state index contributed by atoms with van der Waals surface area (Å²) in [7, 11) is -3.73. The van der Waals surface area contributed by atoms with E-state index in [1.165, 1.54) is 38.5 Å². The second kappa shape index (κ2) is 12.0. The average Bonchev–Trinajstić information content (AvgIpc) is 2.14. The quantitative estimate of drug-likeness (QED) is 0.365. The van der Waals surface area contributed by atoms with Gasteiger partial charge in [0.1, 0.15) is 0 Å². The van der Waals surface area contributed by atoms with Crippen LogP contribution in [0.3, 0.4) is 0 Å². The molecular formula is C11H25LiO3S. The molecule has 0 saturated heterocycles. The van der Waals surface area contributed by atoms with Gasteiger partial charge in [-0.05, 0) is 6.42 Å². The van der Waals surface area contributed by atoms with E-state index in [1.807, 2.05) is 0 Å². The first-order valence-corrected chi connectivity index (χ1v) is 7.62. The van der Waals surface area contributed by atoms with Crippen LogP contribution in [0.15, 0.2) is 0 Å². The Kier molecular flexibility index (Phi) is 14.1. The van der Waals surface area contributed by atoms with Gasteiger partial charge in [0, 0.05) is 0 Å². The van der Waals surface area contributed by atoms with Crippen molar-refractivity contribution in [2.45, 2.75) is 64.7 Å². The fraction of sp³-hybridized carbons (Fsp3) is 1.00. The summed E-state index contributed by atoms with van der Waals surface area (Å²) in [6, 6.07) is 0. The molecule has 0 heterocycles. The van der Waals surface area contributed by atoms with Crippen molar-refractivity contribution in [3.05, 3.63) is 0 Å². The molecule has 0 aliphatic carbocycles. The van der Waals surface area contributed by atoms with Crippen molar-refractivity contribution in [3.63, 3.8) is 0 Å². The fourth-order valence-electron chi connectivity index (χ4n) is 1.60. The average molecular weight is 244 g/mol. The predicted molar refractivity (Wildman–Crippen MR) is 70.8 cm³/mol. The van der Waals surface area contributed by atoms with Crippen LogP contribution in [0.2, 0.25) is 0 Å². The minimum atomic E-state index is -3.73. The molecule has 0 unspecified atom stereocenters. The van der Waals surface area contributed by atoms with Crippen molar-refractivity contribution in [3.8, 4) is 0 Å². The van der Waals surface area contributed by atoms with Gasteiger partial charge in [-0.1, -0.05) is 58.3 Å². The van der Waals surface area contributed by atoms with Gasteiger partial charge in [0.15, 0.2) is 0 Å². The van der Waals surface area contributed by atoms with E-state index in [0.717, 1.165) is 12.8 Å². The first-order chi connectivity index (χ1) is 7.06. The SMILES string of the molecule is CCCCCCCCCCCS(=O)(=O)O.[LiH]. The molecule has 0 rings (SSSR count). The van der Waals surface area contributed by atoms with Gasteiger partial charge < -0.3 is 0 Å². The normalized spacial score (nSPS) is 11.1. The van der Waals surface area contributed by atoms with Crippen LogP contribution in [-0.2, 0) is 10.1 Å². The van der Waals surface area contributed by atoms with Crippen LogP contribution in [0, 0.1) is 0 Å². The van der Waals surface area contributed by atoms with Gasteiger partial charge in [-0.3, -0.25) is 4.55 Å². The zero-order valence-electron chi connectivity index (χ0n) is 9.74. The third-order valence-corrected chi connectivity index (χ3v) is 3.31. The fourth-order valence-corrected chi connectivity index (χ4v) is 2.16. The first kappa shape index (κ1) is 18.9. The monoisotopic (exact) mass is 244 g/mol. The Labute approximate surface area is 112 Å². The van der Waals surface area contributed by atoms with E-state index in [2.05, 4.69) is 6.92 Å². The van der Waals surface area contributed by atoms with E-state index >= 15 is 0 Å². The van der Waals surface area contributed by atoms with Gasteiger partial charge in [-0.15, -0.1) is 0 Å². The Hall–Kier alpha value is 0.507. The van der Waals surface area contributed by atoms with Crippen molar-refractivity contribution in [1.29, 1.82) is 0 Å². The first-order valence-electron chi connectivity index (χ1n) is 6.01. The number of unbranched alkanes of at least 4 members (excludes halogenated alkanes) is 8. The Balaban J connectivity index is 0. The summed E-state index contributed by atoms with van der Waals surface area (Å²) >= 11 is 0. The summed E-state index contributed by atoms with van der Waals surface area (Å²) < 4.78 is 29.3. The standard InChI is InChI=1S/C11H24O3S.Li.H/c1-2-3-4-5-6-7-8-9-10-11-15(12,13)14;;/h2-11H2,1H3,(H,12,13,14);;. The molecule has 0 aliphatic rings. The van der Waals surface area contributed by atoms with E-state index in [-0.39, 0.29) is 24.6 Å². The van der Waals surface area contributed by atoms with Crippen LogP contribution in [0.25, 0.3) is 0 Å². The molecule has 94 valence electrons. The van der Waals surface area contributed by atoms with Crippen LogP contribution in [0.1, 0.15) is 64.7 Å². The topological polar surface area (TPSA) is 54.4 Å². The molecule has 0 atom stereocenters. The molecule has 0 aromatic rings. The van der Waals surface area contributed by atoms with Crippen LogP contribution in [0.4, 0.5) is 0 Å². The van der Waals surface area contributed by atoms with Gasteiger partial charge in [-0.25, -0.2) is 0 Å². The molecule has 0 aromatic heterocycles. The Bertz CT molecular complexity index is 227. The second-order valence-electron chi connectivity index (χ2n) is 4.11. The van der Waals surface area contributed by atoms with Crippen molar-refractivity contribution in [1.82, 2.24) is 0 Å². The molecular weight excluding hydrogens is 219 g/mol. The number of hydrogen-bond acceptors (Lipinski definition) is 2. The molecule has 16 heavy (non-hydrogen) atoms. The van der Waals surface area contributed by atoms with Crippen LogP contribution >= 0.6 is 0 Å². The molecule has 0 bridgehead atoms. The molecule has 0 aromatic carbocycles. The van der Waals surface area contributed by atoms with Crippen molar-refractivity contribution >= 4 is 29.0 Å². The summed E-state index contributed by atoms with van der Waals surface area (Å²) in [6.07, 6.45) is 10.2. The summed E-state index contributed by atoms with van der Waals surface area (Å²) in [6.45, 7) is 2.20. The van der Waals surface area contributed by atoms with Crippen molar-refractivity contribution in [2.75, 3.05) is 5.75 Å². The Morgan fingerprint density at radius 2 is 1.19 bits per heavy atom. The van der Waals surface area contributed by atoms with Gasteiger partial charge in [0.2, 0.25) is 0 Å². The number of hydrogen-bond donors (Lipinski definition) is 1. The van der Waals surface area contributed by atoms with Crippen LogP contribution in [0.5, 0.6) is 0 Å². The van der Waals surface area contributed by atoms with E-state index in [4.69, 9.17) is 4.55 Å². The molecule has 0 saturated carbocycles. The molecule has 0 aliphatic heterocycles. The third kappa shape index (κ3) is 16.9. The zero-order chi connectivity index (χ0) is 11.6. The molecule has 0 amide bonds. The van der Waals surface area contributed by atoms with Crippen molar-refractivity contribution < 1.29 is 13.0 Å². The summed E-state index contributed by atoms with van der Waals surface area (Å²) in [5, 5.41) is 0.